The van der Waals surface area contributed by atoms with Crippen molar-refractivity contribution in [3.63, 3.8) is 0 Å². The van der Waals surface area contributed by atoms with Crippen LogP contribution in [0.2, 0.25) is 0 Å². The smallest absolute Gasteiger partial charge is 0.414 e. The van der Waals surface area contributed by atoms with Gasteiger partial charge < -0.3 is 29.9 Å². The van der Waals surface area contributed by atoms with Gasteiger partial charge in [-0.05, 0) is 12.1 Å². The van der Waals surface area contributed by atoms with E-state index in [1.54, 1.807) is 30.3 Å². The largest absolute Gasteiger partial charge is 0.416 e. The molecule has 1 aromatic rings. The van der Waals surface area contributed by atoms with Crippen molar-refractivity contribution in [2.75, 3.05) is 11.9 Å². The van der Waals surface area contributed by atoms with Gasteiger partial charge in [0, 0.05) is 5.69 Å². The average molecular weight is 299 g/mol. The van der Waals surface area contributed by atoms with Crippen LogP contribution in [-0.4, -0.2) is 63.8 Å². The Kier molecular flexibility index (Phi) is 5.10. The number of nitrogens with one attached hydrogen (secondary N) is 1. The lowest BCUT2D eigenvalue weighted by molar-refractivity contribution is -0.283. The molecule has 8 heteroatoms. The van der Waals surface area contributed by atoms with Crippen LogP contribution in [0.4, 0.5) is 10.5 Å². The highest BCUT2D eigenvalue weighted by molar-refractivity contribution is 5.84. The summed E-state index contributed by atoms with van der Waals surface area (Å²) >= 11 is 0. The fraction of sp³-hybridized carbons (Fsp3) is 0.462. The number of aliphatic hydroxyl groups is 4. The average Bonchev–Trinajstić information content (AvgIpc) is 2.49. The number of aliphatic hydroxyl groups excluding tert-OH is 4. The predicted octanol–water partition coefficient (Wildman–Crippen LogP) is -0.965. The van der Waals surface area contributed by atoms with Gasteiger partial charge in [0.05, 0.1) is 6.61 Å². The molecule has 1 aliphatic rings. The number of amides is 1. The van der Waals surface area contributed by atoms with Crippen LogP contribution >= 0.6 is 0 Å². The van der Waals surface area contributed by atoms with Crippen LogP contribution in [-0.2, 0) is 9.47 Å². The number of carbonyl (C=O) groups is 1. The summed E-state index contributed by atoms with van der Waals surface area (Å²) in [6.07, 6.45) is -8.23. The molecule has 2 rings (SSSR count). The highest BCUT2D eigenvalue weighted by atomic mass is 16.7. The molecule has 1 aliphatic heterocycles. The zero-order valence-electron chi connectivity index (χ0n) is 11.0. The third kappa shape index (κ3) is 3.69. The van der Waals surface area contributed by atoms with E-state index in [2.05, 4.69) is 5.32 Å². The summed E-state index contributed by atoms with van der Waals surface area (Å²) in [6.45, 7) is -0.592. The number of rotatable bonds is 3. The van der Waals surface area contributed by atoms with E-state index in [4.69, 9.17) is 14.6 Å². The van der Waals surface area contributed by atoms with Crippen molar-refractivity contribution in [1.29, 1.82) is 0 Å². The van der Waals surface area contributed by atoms with Crippen molar-refractivity contribution in [3.05, 3.63) is 30.3 Å². The van der Waals surface area contributed by atoms with E-state index < -0.39 is 43.4 Å². The summed E-state index contributed by atoms with van der Waals surface area (Å²) in [6, 6.07) is 8.46. The van der Waals surface area contributed by atoms with E-state index >= 15 is 0 Å². The fourth-order valence-electron chi connectivity index (χ4n) is 1.94. The molecule has 116 valence electrons. The third-order valence-corrected chi connectivity index (χ3v) is 3.09. The second-order valence-electron chi connectivity index (χ2n) is 4.59. The molecule has 1 unspecified atom stereocenters. The summed E-state index contributed by atoms with van der Waals surface area (Å²) in [7, 11) is 0. The van der Waals surface area contributed by atoms with Gasteiger partial charge in [0.1, 0.15) is 24.4 Å². The predicted molar refractivity (Wildman–Crippen MR) is 70.3 cm³/mol. The third-order valence-electron chi connectivity index (χ3n) is 3.09. The quantitative estimate of drug-likeness (QED) is 0.486. The molecule has 0 aromatic heterocycles. The minimum absolute atomic E-state index is 0.479. The maximum atomic E-state index is 11.7. The normalized spacial score (nSPS) is 32.5. The second kappa shape index (κ2) is 6.83. The van der Waals surface area contributed by atoms with Gasteiger partial charge in [0.2, 0.25) is 6.29 Å². The van der Waals surface area contributed by atoms with Crippen molar-refractivity contribution in [2.45, 2.75) is 30.7 Å². The topological polar surface area (TPSA) is 128 Å². The Bertz CT molecular complexity index is 467. The highest BCUT2D eigenvalue weighted by Crippen LogP contribution is 2.22. The number of hydrogen-bond donors (Lipinski definition) is 5. The molecule has 8 nitrogen and oxygen atoms in total. The molecular weight excluding hydrogens is 282 g/mol. The van der Waals surface area contributed by atoms with Gasteiger partial charge in [0.25, 0.3) is 0 Å². The van der Waals surface area contributed by atoms with Gasteiger partial charge in [-0.3, -0.25) is 5.32 Å². The van der Waals surface area contributed by atoms with Crippen molar-refractivity contribution < 1.29 is 34.7 Å². The minimum atomic E-state index is -1.62. The maximum absolute atomic E-state index is 11.7. The number of para-hydroxylation sites is 1. The van der Waals surface area contributed by atoms with Crippen LogP contribution in [0.5, 0.6) is 0 Å². The zero-order chi connectivity index (χ0) is 15.4. The molecule has 1 aromatic carbocycles. The summed E-state index contributed by atoms with van der Waals surface area (Å²) in [5.41, 5.74) is 0.479. The summed E-state index contributed by atoms with van der Waals surface area (Å²) in [4.78, 5) is 11.7. The Balaban J connectivity index is 1.96. The standard InChI is InChI=1S/C13H17NO7/c15-6-8-9(16)10(17)11(18)12(20-8)21-13(19)14-7-4-2-1-3-5-7/h1-5,8-12,15-18H,6H2,(H,14,19)/t8-,9+,10+,11-,12?/m1/s1. The van der Waals surface area contributed by atoms with Crippen molar-refractivity contribution in [2.24, 2.45) is 0 Å². The molecule has 5 atom stereocenters. The first kappa shape index (κ1) is 15.7. The lowest BCUT2D eigenvalue weighted by Crippen LogP contribution is -2.59. The van der Waals surface area contributed by atoms with Gasteiger partial charge in [-0.15, -0.1) is 0 Å². The monoisotopic (exact) mass is 299 g/mol. The van der Waals surface area contributed by atoms with Gasteiger partial charge >= 0.3 is 6.09 Å². The minimum Gasteiger partial charge on any atom is -0.416 e. The first-order valence-electron chi connectivity index (χ1n) is 6.36. The van der Waals surface area contributed by atoms with E-state index in [0.717, 1.165) is 0 Å². The van der Waals surface area contributed by atoms with Crippen LogP contribution < -0.4 is 5.32 Å². The molecule has 0 saturated carbocycles. The van der Waals surface area contributed by atoms with Crippen LogP contribution in [0.15, 0.2) is 30.3 Å². The zero-order valence-corrected chi connectivity index (χ0v) is 11.0. The molecule has 1 fully saturated rings. The van der Waals surface area contributed by atoms with Crippen LogP contribution in [0.25, 0.3) is 0 Å². The summed E-state index contributed by atoms with van der Waals surface area (Å²) < 4.78 is 9.90. The van der Waals surface area contributed by atoms with E-state index in [1.165, 1.54) is 0 Å². The van der Waals surface area contributed by atoms with E-state index in [9.17, 15) is 20.1 Å². The number of carbonyl (C=O) groups excluding carboxylic acids is 1. The molecule has 1 saturated heterocycles. The van der Waals surface area contributed by atoms with Crippen LogP contribution in [0.3, 0.4) is 0 Å². The van der Waals surface area contributed by atoms with Gasteiger partial charge in [-0.1, -0.05) is 18.2 Å². The summed E-state index contributed by atoms with van der Waals surface area (Å²) in [5, 5.41) is 40.3. The molecule has 21 heavy (non-hydrogen) atoms. The Hall–Kier alpha value is -1.71. The molecule has 0 bridgehead atoms. The number of hydrogen-bond acceptors (Lipinski definition) is 7. The van der Waals surface area contributed by atoms with E-state index in [0.29, 0.717) is 5.69 Å². The lowest BCUT2D eigenvalue weighted by Gasteiger charge is -2.39. The molecule has 0 radical (unpaired) electrons. The van der Waals surface area contributed by atoms with Gasteiger partial charge in [-0.2, -0.15) is 0 Å². The molecular formula is C13H17NO7. The van der Waals surface area contributed by atoms with Crippen molar-refractivity contribution in [1.82, 2.24) is 0 Å². The molecule has 0 aliphatic carbocycles. The molecule has 1 amide bonds. The summed E-state index contributed by atoms with van der Waals surface area (Å²) in [5.74, 6) is 0. The lowest BCUT2D eigenvalue weighted by atomic mass is 9.99. The van der Waals surface area contributed by atoms with Gasteiger partial charge in [-0.25, -0.2) is 4.79 Å². The Labute approximate surface area is 120 Å². The van der Waals surface area contributed by atoms with E-state index in [-0.39, 0.29) is 0 Å². The first-order chi connectivity index (χ1) is 10.0. The number of ether oxygens (including phenoxy) is 2. The maximum Gasteiger partial charge on any atom is 0.414 e. The Morgan fingerprint density at radius 2 is 1.81 bits per heavy atom. The Morgan fingerprint density at radius 1 is 1.14 bits per heavy atom. The van der Waals surface area contributed by atoms with E-state index in [1.807, 2.05) is 0 Å². The first-order valence-corrected chi connectivity index (χ1v) is 6.36. The van der Waals surface area contributed by atoms with Crippen LogP contribution in [0, 0.1) is 0 Å². The SMILES string of the molecule is O=C(Nc1ccccc1)OC1O[C@H](CO)[C@H](O)[C@H](O)[C@H]1O. The number of anilines is 1. The number of benzene rings is 1. The van der Waals surface area contributed by atoms with Crippen LogP contribution in [0.1, 0.15) is 0 Å². The highest BCUT2D eigenvalue weighted by Gasteiger charge is 2.45. The second-order valence-corrected chi connectivity index (χ2v) is 4.59. The van der Waals surface area contributed by atoms with Gasteiger partial charge in [0.15, 0.2) is 0 Å². The molecule has 1 heterocycles. The molecule has 5 N–H and O–H groups in total. The van der Waals surface area contributed by atoms with Crippen molar-refractivity contribution in [3.8, 4) is 0 Å². The Morgan fingerprint density at radius 3 is 2.43 bits per heavy atom. The molecule has 0 spiro atoms. The fourth-order valence-corrected chi connectivity index (χ4v) is 1.94. The van der Waals surface area contributed by atoms with Crippen molar-refractivity contribution >= 4 is 11.8 Å².